The highest BCUT2D eigenvalue weighted by atomic mass is 35.5. The number of anilines is 4. The molecule has 0 aliphatic rings. The van der Waals surface area contributed by atoms with E-state index < -0.39 is 5.97 Å². The number of rotatable bonds is 7. The van der Waals surface area contributed by atoms with Gasteiger partial charge in [-0.05, 0) is 91.0 Å². The molecule has 4 aromatic rings. The van der Waals surface area contributed by atoms with Crippen LogP contribution in [0.3, 0.4) is 0 Å². The molecule has 4 rings (SSSR count). The van der Waals surface area contributed by atoms with Crippen molar-refractivity contribution < 1.29 is 14.3 Å². The Kier molecular flexibility index (Phi) is 7.16. The molecule has 0 spiro atoms. The summed E-state index contributed by atoms with van der Waals surface area (Å²) in [6.45, 7) is 0. The van der Waals surface area contributed by atoms with E-state index in [1.807, 2.05) is 24.3 Å². The highest BCUT2D eigenvalue weighted by Crippen LogP contribution is 2.25. The number of hydrogen-bond donors (Lipinski definition) is 2. The number of hydrogen-bond acceptors (Lipinski definition) is 5. The van der Waals surface area contributed by atoms with Crippen molar-refractivity contribution in [3.63, 3.8) is 0 Å². The van der Waals surface area contributed by atoms with Gasteiger partial charge in [0.15, 0.2) is 5.78 Å². The Morgan fingerprint density at radius 3 is 1.53 bits per heavy atom. The number of carbonyl (C=O) groups is 2. The Balaban J connectivity index is 1.58. The first-order valence-electron chi connectivity index (χ1n) is 10.3. The molecule has 0 bridgehead atoms. The first kappa shape index (κ1) is 23.4. The van der Waals surface area contributed by atoms with Crippen molar-refractivity contribution in [1.29, 1.82) is 0 Å². The highest BCUT2D eigenvalue weighted by molar-refractivity contribution is 6.30. The summed E-state index contributed by atoms with van der Waals surface area (Å²) in [6, 6.07) is 26.4. The van der Waals surface area contributed by atoms with Crippen LogP contribution in [-0.2, 0) is 4.74 Å². The molecule has 0 aliphatic carbocycles. The van der Waals surface area contributed by atoms with E-state index in [4.69, 9.17) is 27.9 Å². The lowest BCUT2D eigenvalue weighted by Crippen LogP contribution is -2.08. The van der Waals surface area contributed by atoms with Gasteiger partial charge in [-0.25, -0.2) is 4.79 Å². The van der Waals surface area contributed by atoms with Crippen LogP contribution in [0.1, 0.15) is 26.3 Å². The summed E-state index contributed by atoms with van der Waals surface area (Å²) in [4.78, 5) is 25.5. The number of benzene rings is 4. The minimum absolute atomic E-state index is 0.219. The van der Waals surface area contributed by atoms with E-state index in [9.17, 15) is 9.59 Å². The second-order valence-electron chi connectivity index (χ2n) is 7.46. The topological polar surface area (TPSA) is 67.4 Å². The smallest absolute Gasteiger partial charge is 0.337 e. The van der Waals surface area contributed by atoms with E-state index in [2.05, 4.69) is 10.6 Å². The number of carbonyl (C=O) groups excluding carboxylic acids is 2. The fraction of sp³-hybridized carbons (Fsp3) is 0.0370. The fourth-order valence-electron chi connectivity index (χ4n) is 3.34. The summed E-state index contributed by atoms with van der Waals surface area (Å²) >= 11 is 11.9. The van der Waals surface area contributed by atoms with Gasteiger partial charge < -0.3 is 15.4 Å². The zero-order valence-electron chi connectivity index (χ0n) is 18.1. The summed E-state index contributed by atoms with van der Waals surface area (Å²) in [5.41, 5.74) is 4.17. The van der Waals surface area contributed by atoms with Crippen molar-refractivity contribution in [2.75, 3.05) is 17.7 Å². The second kappa shape index (κ2) is 10.4. The number of nitrogens with one attached hydrogen (secondary N) is 2. The number of ketones is 1. The van der Waals surface area contributed by atoms with E-state index in [1.165, 1.54) is 13.2 Å². The first-order valence-corrected chi connectivity index (χ1v) is 11.1. The fourth-order valence-corrected chi connectivity index (χ4v) is 3.59. The van der Waals surface area contributed by atoms with Gasteiger partial charge in [0.1, 0.15) is 0 Å². The van der Waals surface area contributed by atoms with Crippen molar-refractivity contribution in [3.8, 4) is 0 Å². The maximum atomic E-state index is 13.2. The Bertz CT molecular complexity index is 1320. The lowest BCUT2D eigenvalue weighted by atomic mass is 10.00. The molecule has 2 N–H and O–H groups in total. The van der Waals surface area contributed by atoms with Crippen molar-refractivity contribution in [2.45, 2.75) is 0 Å². The van der Waals surface area contributed by atoms with Crippen LogP contribution in [-0.4, -0.2) is 18.9 Å². The lowest BCUT2D eigenvalue weighted by molar-refractivity contribution is 0.0600. The molecule has 0 aromatic heterocycles. The van der Waals surface area contributed by atoms with E-state index in [1.54, 1.807) is 60.7 Å². The predicted molar refractivity (Wildman–Crippen MR) is 137 cm³/mol. The van der Waals surface area contributed by atoms with Crippen molar-refractivity contribution >= 4 is 57.7 Å². The molecule has 4 aromatic carbocycles. The van der Waals surface area contributed by atoms with Crippen LogP contribution < -0.4 is 10.6 Å². The standard InChI is InChI=1S/C27H20Cl2N2O3/c1-34-27(33)19-14-18(15-25(16-19)31-24-12-6-21(29)7-13-24)26(32)17-2-8-22(9-3-17)30-23-10-4-20(28)5-11-23/h2-16,30-31H,1H3. The highest BCUT2D eigenvalue weighted by Gasteiger charge is 2.15. The van der Waals surface area contributed by atoms with Gasteiger partial charge in [0.25, 0.3) is 0 Å². The van der Waals surface area contributed by atoms with Crippen molar-refractivity contribution in [2.24, 2.45) is 0 Å². The molecule has 0 amide bonds. The maximum Gasteiger partial charge on any atom is 0.337 e. The molecule has 0 fully saturated rings. The van der Waals surface area contributed by atoms with Crippen LogP contribution in [0.2, 0.25) is 10.0 Å². The summed E-state index contributed by atoms with van der Waals surface area (Å²) in [6.07, 6.45) is 0. The summed E-state index contributed by atoms with van der Waals surface area (Å²) < 4.78 is 4.87. The monoisotopic (exact) mass is 490 g/mol. The Hall–Kier alpha value is -3.80. The molecular weight excluding hydrogens is 471 g/mol. The van der Waals surface area contributed by atoms with Gasteiger partial charge >= 0.3 is 5.97 Å². The Labute approximate surface area is 207 Å². The molecular formula is C27H20Cl2N2O3. The average Bonchev–Trinajstić information content (AvgIpc) is 2.86. The van der Waals surface area contributed by atoms with Crippen molar-refractivity contribution in [3.05, 3.63) is 118 Å². The Morgan fingerprint density at radius 1 is 0.588 bits per heavy atom. The van der Waals surface area contributed by atoms with Crippen LogP contribution in [0, 0.1) is 0 Å². The van der Waals surface area contributed by atoms with Gasteiger partial charge in [0, 0.05) is 43.9 Å². The van der Waals surface area contributed by atoms with E-state index in [0.29, 0.717) is 26.9 Å². The van der Waals surface area contributed by atoms with Crippen LogP contribution >= 0.6 is 23.2 Å². The van der Waals surface area contributed by atoms with Crippen LogP contribution in [0.15, 0.2) is 91.0 Å². The average molecular weight is 491 g/mol. The number of ether oxygens (including phenoxy) is 1. The van der Waals surface area contributed by atoms with E-state index in [0.717, 1.165) is 17.1 Å². The Morgan fingerprint density at radius 2 is 1.03 bits per heavy atom. The number of esters is 1. The summed E-state index contributed by atoms with van der Waals surface area (Å²) in [5.74, 6) is -0.751. The van der Waals surface area contributed by atoms with E-state index >= 15 is 0 Å². The molecule has 0 unspecified atom stereocenters. The molecule has 0 aliphatic heterocycles. The SMILES string of the molecule is COC(=O)c1cc(Nc2ccc(Cl)cc2)cc(C(=O)c2ccc(Nc3ccc(Cl)cc3)cc2)c1. The molecule has 0 atom stereocenters. The van der Waals surface area contributed by atoms with Crippen molar-refractivity contribution in [1.82, 2.24) is 0 Å². The molecule has 34 heavy (non-hydrogen) atoms. The van der Waals surface area contributed by atoms with Gasteiger partial charge in [-0.15, -0.1) is 0 Å². The third-order valence-electron chi connectivity index (χ3n) is 5.03. The molecule has 0 saturated heterocycles. The van der Waals surface area contributed by atoms with Crippen LogP contribution in [0.4, 0.5) is 22.7 Å². The molecule has 0 heterocycles. The summed E-state index contributed by atoms with van der Waals surface area (Å²) in [7, 11) is 1.30. The van der Waals surface area contributed by atoms with Gasteiger partial charge in [0.2, 0.25) is 0 Å². The first-order chi connectivity index (χ1) is 16.4. The zero-order valence-corrected chi connectivity index (χ0v) is 19.7. The van der Waals surface area contributed by atoms with Gasteiger partial charge in [0.05, 0.1) is 12.7 Å². The molecule has 170 valence electrons. The largest absolute Gasteiger partial charge is 0.465 e. The van der Waals surface area contributed by atoms with Crippen LogP contribution in [0.5, 0.6) is 0 Å². The zero-order chi connectivity index (χ0) is 24.1. The second-order valence-corrected chi connectivity index (χ2v) is 8.33. The molecule has 5 nitrogen and oxygen atoms in total. The molecule has 0 radical (unpaired) electrons. The predicted octanol–water partition coefficient (Wildman–Crippen LogP) is 7.50. The van der Waals surface area contributed by atoms with E-state index in [-0.39, 0.29) is 11.3 Å². The minimum atomic E-state index is -0.531. The number of halogens is 2. The summed E-state index contributed by atoms with van der Waals surface area (Å²) in [5, 5.41) is 7.73. The van der Waals surface area contributed by atoms with Gasteiger partial charge in [-0.3, -0.25) is 4.79 Å². The molecule has 7 heteroatoms. The van der Waals surface area contributed by atoms with Crippen LogP contribution in [0.25, 0.3) is 0 Å². The van der Waals surface area contributed by atoms with Gasteiger partial charge in [-0.2, -0.15) is 0 Å². The quantitative estimate of drug-likeness (QED) is 0.207. The molecule has 0 saturated carbocycles. The maximum absolute atomic E-state index is 13.2. The number of methoxy groups -OCH3 is 1. The minimum Gasteiger partial charge on any atom is -0.465 e. The normalized spacial score (nSPS) is 10.4. The third-order valence-corrected chi connectivity index (χ3v) is 5.53. The third kappa shape index (κ3) is 5.76. The lowest BCUT2D eigenvalue weighted by Gasteiger charge is -2.12. The van der Waals surface area contributed by atoms with Gasteiger partial charge in [-0.1, -0.05) is 23.2 Å².